The molecule has 1 aliphatic heterocycles. The molecule has 6 rings (SSSR count). The van der Waals surface area contributed by atoms with Crippen molar-refractivity contribution in [2.24, 2.45) is 62.1 Å². The van der Waals surface area contributed by atoms with Crippen LogP contribution in [-0.4, -0.2) is 83.3 Å². The van der Waals surface area contributed by atoms with E-state index < -0.39 is 17.4 Å². The number of esters is 1. The largest absolute Gasteiger partial charge is 0.481 e. The molecule has 0 aromatic rings. The van der Waals surface area contributed by atoms with E-state index in [9.17, 15) is 24.6 Å². The smallest absolute Gasteiger partial charge is 0.309 e. The van der Waals surface area contributed by atoms with Crippen LogP contribution in [0.4, 0.5) is 0 Å². The summed E-state index contributed by atoms with van der Waals surface area (Å²) >= 11 is 0. The standard InChI is InChI=1S/C43H70N2O6/c1-28(2)29-12-17-43(26-34(47)45-22-20-44(21-23-45)24-25-46)19-18-41(8)30(36(29)43)10-11-32-40(7)15-14-33(51-35(48)27-38(3,4)37(49)50)39(5,6)31(40)13-16-42(32,41)9/h29-33,36,46H,1,10-27H2,2-9H3,(H,49,50)/t29-,30+,31?,32+,33-,36+,40-,41+,42+,43+/m0/s1. The number of ether oxygens (including phenoxy) is 1. The van der Waals surface area contributed by atoms with E-state index in [4.69, 9.17) is 4.74 Å². The number of nitrogens with zero attached hydrogens (tertiary/aromatic N) is 2. The van der Waals surface area contributed by atoms with E-state index >= 15 is 0 Å². The van der Waals surface area contributed by atoms with Gasteiger partial charge in [-0.3, -0.25) is 19.3 Å². The number of aliphatic carboxylic acids is 1. The molecular weight excluding hydrogens is 640 g/mol. The summed E-state index contributed by atoms with van der Waals surface area (Å²) in [6.45, 7) is 26.5. The fourth-order valence-electron chi connectivity index (χ4n) is 14.2. The molecule has 8 heteroatoms. The Morgan fingerprint density at radius 3 is 2.16 bits per heavy atom. The maximum absolute atomic E-state index is 14.1. The van der Waals surface area contributed by atoms with Crippen molar-refractivity contribution in [1.29, 1.82) is 0 Å². The number of aliphatic hydroxyl groups is 1. The SMILES string of the molecule is C=C(C)[C@@H]1CC[C@]2(CC(=O)N3CCN(CCO)CC3)CC[C@]3(C)[C@H](CC[C@@H]4[C@@]5(C)CC[C@H](OC(=O)CC(C)(C)C(=O)O)C(C)(C)C5CC[C@]43C)[C@@H]12. The lowest BCUT2D eigenvalue weighted by molar-refractivity contribution is -0.250. The van der Waals surface area contributed by atoms with Crippen LogP contribution in [0, 0.1) is 62.1 Å². The molecule has 0 aromatic heterocycles. The number of hydrogen-bond donors (Lipinski definition) is 2. The molecule has 1 unspecified atom stereocenters. The van der Waals surface area contributed by atoms with Crippen molar-refractivity contribution in [2.75, 3.05) is 39.3 Å². The summed E-state index contributed by atoms with van der Waals surface area (Å²) in [5.41, 5.74) is 0.529. The Hall–Kier alpha value is -1.93. The summed E-state index contributed by atoms with van der Waals surface area (Å²) in [4.78, 5) is 43.3. The van der Waals surface area contributed by atoms with Crippen molar-refractivity contribution < 1.29 is 29.3 Å². The van der Waals surface area contributed by atoms with Crippen LogP contribution < -0.4 is 0 Å². The van der Waals surface area contributed by atoms with Crippen molar-refractivity contribution in [3.8, 4) is 0 Å². The molecule has 10 atom stereocenters. The van der Waals surface area contributed by atoms with Crippen LogP contribution in [-0.2, 0) is 19.1 Å². The summed E-state index contributed by atoms with van der Waals surface area (Å²) < 4.78 is 6.18. The van der Waals surface area contributed by atoms with Gasteiger partial charge in [-0.25, -0.2) is 0 Å². The Morgan fingerprint density at radius 2 is 1.53 bits per heavy atom. The number of β-amino-alcohol motifs (C(OH)–C–C–N with tert-alkyl or cyclic N) is 1. The lowest BCUT2D eigenvalue weighted by atomic mass is 9.32. The Bertz CT molecular complexity index is 1380. The predicted molar refractivity (Wildman–Crippen MR) is 200 cm³/mol. The average Bonchev–Trinajstić information content (AvgIpc) is 3.42. The Kier molecular flexibility index (Phi) is 10.2. The second-order valence-electron chi connectivity index (χ2n) is 20.4. The van der Waals surface area contributed by atoms with Gasteiger partial charge in [-0.05, 0) is 136 Å². The number of piperazine rings is 1. The lowest BCUT2D eigenvalue weighted by Gasteiger charge is -2.73. The first-order chi connectivity index (χ1) is 23.8. The summed E-state index contributed by atoms with van der Waals surface area (Å²) in [6, 6.07) is 0. The molecule has 0 aromatic carbocycles. The minimum absolute atomic E-state index is 0.0521. The van der Waals surface area contributed by atoms with Crippen LogP contribution in [0.3, 0.4) is 0 Å². The Labute approximate surface area is 308 Å². The summed E-state index contributed by atoms with van der Waals surface area (Å²) in [5.74, 6) is 1.54. The minimum Gasteiger partial charge on any atom is -0.481 e. The van der Waals surface area contributed by atoms with Crippen LogP contribution in [0.2, 0.25) is 0 Å². The van der Waals surface area contributed by atoms with Crippen LogP contribution in [0.5, 0.6) is 0 Å². The van der Waals surface area contributed by atoms with Gasteiger partial charge in [0.15, 0.2) is 0 Å². The zero-order valence-electron chi connectivity index (χ0n) is 33.3. The maximum atomic E-state index is 14.1. The maximum Gasteiger partial charge on any atom is 0.309 e. The second kappa shape index (κ2) is 13.4. The second-order valence-corrected chi connectivity index (χ2v) is 20.4. The number of amides is 1. The first kappa shape index (κ1) is 38.8. The number of rotatable bonds is 9. The third-order valence-electron chi connectivity index (χ3n) is 17.3. The molecular formula is C43H70N2O6. The fourth-order valence-corrected chi connectivity index (χ4v) is 14.2. The van der Waals surface area contributed by atoms with E-state index in [1.54, 1.807) is 13.8 Å². The quantitative estimate of drug-likeness (QED) is 0.188. The molecule has 6 aliphatic rings. The number of carboxylic acids is 1. The van der Waals surface area contributed by atoms with Gasteiger partial charge in [0.2, 0.25) is 5.91 Å². The zero-order valence-corrected chi connectivity index (χ0v) is 33.3. The van der Waals surface area contributed by atoms with Gasteiger partial charge in [-0.2, -0.15) is 0 Å². The number of aliphatic hydroxyl groups excluding tert-OH is 1. The molecule has 288 valence electrons. The summed E-state index contributed by atoms with van der Waals surface area (Å²) in [7, 11) is 0. The molecule has 5 saturated carbocycles. The normalized spacial score (nSPS) is 42.2. The molecule has 1 amide bonds. The third kappa shape index (κ3) is 6.22. The highest BCUT2D eigenvalue weighted by molar-refractivity contribution is 5.81. The summed E-state index contributed by atoms with van der Waals surface area (Å²) in [6.07, 6.45) is 11.5. The summed E-state index contributed by atoms with van der Waals surface area (Å²) in [5, 5.41) is 19.0. The van der Waals surface area contributed by atoms with Gasteiger partial charge < -0.3 is 19.8 Å². The fraction of sp³-hybridized carbons (Fsp3) is 0.884. The molecule has 5 aliphatic carbocycles. The lowest BCUT2D eigenvalue weighted by Crippen LogP contribution is -2.67. The van der Waals surface area contributed by atoms with Gasteiger partial charge in [-0.15, -0.1) is 0 Å². The molecule has 1 saturated heterocycles. The molecule has 1 heterocycles. The molecule has 8 nitrogen and oxygen atoms in total. The van der Waals surface area contributed by atoms with E-state index in [1.807, 2.05) is 0 Å². The predicted octanol–water partition coefficient (Wildman–Crippen LogP) is 7.58. The Morgan fingerprint density at radius 1 is 0.843 bits per heavy atom. The highest BCUT2D eigenvalue weighted by atomic mass is 16.5. The Balaban J connectivity index is 1.22. The van der Waals surface area contributed by atoms with E-state index in [1.165, 1.54) is 31.3 Å². The van der Waals surface area contributed by atoms with E-state index in [-0.39, 0.29) is 46.2 Å². The van der Waals surface area contributed by atoms with Crippen molar-refractivity contribution in [1.82, 2.24) is 9.80 Å². The van der Waals surface area contributed by atoms with Gasteiger partial charge in [-0.1, -0.05) is 46.8 Å². The van der Waals surface area contributed by atoms with Crippen molar-refractivity contribution >= 4 is 17.8 Å². The number of carboxylic acid groups (broad SMARTS) is 1. The number of hydrogen-bond acceptors (Lipinski definition) is 6. The highest BCUT2D eigenvalue weighted by Crippen LogP contribution is 2.78. The number of carbonyl (C=O) groups excluding carboxylic acids is 2. The van der Waals surface area contributed by atoms with Crippen molar-refractivity contribution in [2.45, 2.75) is 139 Å². The van der Waals surface area contributed by atoms with E-state index in [0.29, 0.717) is 48.5 Å². The average molecular weight is 711 g/mol. The molecule has 0 bridgehead atoms. The molecule has 2 N–H and O–H groups in total. The zero-order chi connectivity index (χ0) is 37.4. The van der Waals surface area contributed by atoms with Crippen LogP contribution >= 0.6 is 0 Å². The molecule has 0 spiro atoms. The third-order valence-corrected chi connectivity index (χ3v) is 17.3. The van der Waals surface area contributed by atoms with Crippen molar-refractivity contribution in [3.63, 3.8) is 0 Å². The highest BCUT2D eigenvalue weighted by Gasteiger charge is 2.71. The molecule has 51 heavy (non-hydrogen) atoms. The topological polar surface area (TPSA) is 107 Å². The van der Waals surface area contributed by atoms with Gasteiger partial charge in [0.05, 0.1) is 18.4 Å². The van der Waals surface area contributed by atoms with Gasteiger partial charge in [0.1, 0.15) is 6.10 Å². The first-order valence-electron chi connectivity index (χ1n) is 20.4. The monoisotopic (exact) mass is 711 g/mol. The van der Waals surface area contributed by atoms with E-state index in [2.05, 4.69) is 57.9 Å². The number of allylic oxidation sites excluding steroid dienone is 1. The first-order valence-corrected chi connectivity index (χ1v) is 20.4. The van der Waals surface area contributed by atoms with Crippen LogP contribution in [0.25, 0.3) is 0 Å². The van der Waals surface area contributed by atoms with Crippen LogP contribution in [0.1, 0.15) is 132 Å². The number of carbonyl (C=O) groups is 3. The number of fused-ring (bicyclic) bond motifs is 7. The van der Waals surface area contributed by atoms with Gasteiger partial charge in [0, 0.05) is 44.6 Å². The van der Waals surface area contributed by atoms with Gasteiger partial charge in [0.25, 0.3) is 0 Å². The van der Waals surface area contributed by atoms with Crippen molar-refractivity contribution in [3.05, 3.63) is 12.2 Å². The minimum atomic E-state index is -1.14. The molecule has 0 radical (unpaired) electrons. The van der Waals surface area contributed by atoms with E-state index in [0.717, 1.165) is 64.7 Å². The molecule has 6 fully saturated rings. The van der Waals surface area contributed by atoms with Crippen LogP contribution in [0.15, 0.2) is 12.2 Å². The van der Waals surface area contributed by atoms with Gasteiger partial charge >= 0.3 is 11.9 Å².